The molecule has 0 saturated carbocycles. The third-order valence-electron chi connectivity index (χ3n) is 1.50. The fourth-order valence-corrected chi connectivity index (χ4v) is 1.89. The second kappa shape index (κ2) is 11.4. The number of hydrogen-bond acceptors (Lipinski definition) is 3. The first-order valence-electron chi connectivity index (χ1n) is 5.54. The molecule has 14 heavy (non-hydrogen) atoms. The third kappa shape index (κ3) is 8.89. The summed E-state index contributed by atoms with van der Waals surface area (Å²) < 4.78 is 16.4. The van der Waals surface area contributed by atoms with Gasteiger partial charge in [0.15, 0.2) is 0 Å². The average molecular weight is 222 g/mol. The van der Waals surface area contributed by atoms with Crippen molar-refractivity contribution in [2.24, 2.45) is 0 Å². The quantitative estimate of drug-likeness (QED) is 0.414. The van der Waals surface area contributed by atoms with Gasteiger partial charge in [0, 0.05) is 0 Å². The Morgan fingerprint density at radius 1 is 0.714 bits per heavy atom. The molecule has 0 rings (SSSR count). The van der Waals surface area contributed by atoms with E-state index < -0.39 is 8.60 Å². The molecule has 86 valence electrons. The van der Waals surface area contributed by atoms with Crippen LogP contribution in [0, 0.1) is 0 Å². The van der Waals surface area contributed by atoms with E-state index in [4.69, 9.17) is 13.6 Å². The standard InChI is InChI=1S/C10H23O3P/c1-4-7-10-13-14(11-8-5-2)12-9-6-3/h4-10H2,1-3H3. The van der Waals surface area contributed by atoms with Gasteiger partial charge in [0.25, 0.3) is 0 Å². The van der Waals surface area contributed by atoms with Crippen LogP contribution in [0.4, 0.5) is 0 Å². The topological polar surface area (TPSA) is 27.7 Å². The van der Waals surface area contributed by atoms with Crippen molar-refractivity contribution in [2.75, 3.05) is 19.8 Å². The van der Waals surface area contributed by atoms with Crippen molar-refractivity contribution >= 4 is 8.60 Å². The molecule has 0 aliphatic heterocycles. The smallest absolute Gasteiger partial charge is 0.312 e. The second-order valence-corrected chi connectivity index (χ2v) is 4.30. The second-order valence-electron chi connectivity index (χ2n) is 3.08. The van der Waals surface area contributed by atoms with Gasteiger partial charge in [-0.05, 0) is 19.3 Å². The van der Waals surface area contributed by atoms with Crippen LogP contribution >= 0.6 is 8.60 Å². The average Bonchev–Trinajstić information content (AvgIpc) is 2.21. The van der Waals surface area contributed by atoms with E-state index in [0.717, 1.165) is 45.5 Å². The van der Waals surface area contributed by atoms with Crippen LogP contribution in [-0.2, 0) is 13.6 Å². The van der Waals surface area contributed by atoms with Crippen LogP contribution in [0.15, 0.2) is 0 Å². The highest BCUT2D eigenvalue weighted by Gasteiger charge is 2.10. The predicted molar refractivity (Wildman–Crippen MR) is 60.3 cm³/mol. The summed E-state index contributed by atoms with van der Waals surface area (Å²) >= 11 is 0. The van der Waals surface area contributed by atoms with Crippen LogP contribution in [0.1, 0.15) is 46.5 Å². The lowest BCUT2D eigenvalue weighted by molar-refractivity contribution is 0.158. The minimum absolute atomic E-state index is 0.724. The molecule has 0 aliphatic rings. The summed E-state index contributed by atoms with van der Waals surface area (Å²) in [6, 6.07) is 0. The summed E-state index contributed by atoms with van der Waals surface area (Å²) in [5, 5.41) is 0. The van der Waals surface area contributed by atoms with Crippen molar-refractivity contribution in [1.29, 1.82) is 0 Å². The van der Waals surface area contributed by atoms with Gasteiger partial charge in [0.2, 0.25) is 0 Å². The van der Waals surface area contributed by atoms with Gasteiger partial charge in [-0.1, -0.05) is 27.2 Å². The van der Waals surface area contributed by atoms with Crippen LogP contribution in [-0.4, -0.2) is 19.8 Å². The molecule has 0 heterocycles. The first-order valence-corrected chi connectivity index (χ1v) is 6.63. The molecule has 0 aliphatic carbocycles. The summed E-state index contributed by atoms with van der Waals surface area (Å²) in [7, 11) is -1.08. The first-order chi connectivity index (χ1) is 6.85. The zero-order valence-electron chi connectivity index (χ0n) is 9.62. The number of unbranched alkanes of at least 4 members (excludes halogenated alkanes) is 1. The van der Waals surface area contributed by atoms with Crippen LogP contribution in [0.25, 0.3) is 0 Å². The van der Waals surface area contributed by atoms with Gasteiger partial charge in [-0.15, -0.1) is 0 Å². The SMILES string of the molecule is CCCCOP(OCCC)OCCC. The molecule has 0 aromatic carbocycles. The molecule has 0 amide bonds. The highest BCUT2D eigenvalue weighted by molar-refractivity contribution is 7.41. The van der Waals surface area contributed by atoms with E-state index in [2.05, 4.69) is 20.8 Å². The zero-order valence-corrected chi connectivity index (χ0v) is 10.5. The van der Waals surface area contributed by atoms with E-state index >= 15 is 0 Å². The lowest BCUT2D eigenvalue weighted by Gasteiger charge is -2.15. The molecular weight excluding hydrogens is 199 g/mol. The largest absolute Gasteiger partial charge is 0.332 e. The van der Waals surface area contributed by atoms with Crippen molar-refractivity contribution < 1.29 is 13.6 Å². The molecule has 0 spiro atoms. The van der Waals surface area contributed by atoms with Crippen molar-refractivity contribution in [3.05, 3.63) is 0 Å². The molecule has 0 aromatic rings. The molecule has 0 atom stereocenters. The molecule has 3 nitrogen and oxygen atoms in total. The minimum Gasteiger partial charge on any atom is -0.312 e. The lowest BCUT2D eigenvalue weighted by atomic mass is 10.4. The Labute approximate surface area is 89.1 Å². The third-order valence-corrected chi connectivity index (χ3v) is 2.68. The van der Waals surface area contributed by atoms with E-state index in [9.17, 15) is 0 Å². The van der Waals surface area contributed by atoms with Crippen LogP contribution in [0.3, 0.4) is 0 Å². The van der Waals surface area contributed by atoms with Crippen LogP contribution < -0.4 is 0 Å². The maximum absolute atomic E-state index is 5.51. The number of rotatable bonds is 10. The molecular formula is C10H23O3P. The molecule has 0 aromatic heterocycles. The number of hydrogen-bond donors (Lipinski definition) is 0. The van der Waals surface area contributed by atoms with Gasteiger partial charge in [-0.25, -0.2) is 0 Å². The molecule has 0 fully saturated rings. The molecule has 0 N–H and O–H groups in total. The molecule has 0 bridgehead atoms. The Morgan fingerprint density at radius 3 is 1.64 bits per heavy atom. The monoisotopic (exact) mass is 222 g/mol. The van der Waals surface area contributed by atoms with Crippen molar-refractivity contribution in [3.8, 4) is 0 Å². The summed E-state index contributed by atoms with van der Waals surface area (Å²) in [6.45, 7) is 8.50. The van der Waals surface area contributed by atoms with Gasteiger partial charge in [0.05, 0.1) is 19.8 Å². The Balaban J connectivity index is 3.49. The van der Waals surface area contributed by atoms with E-state index in [1.54, 1.807) is 0 Å². The highest BCUT2D eigenvalue weighted by Crippen LogP contribution is 2.39. The van der Waals surface area contributed by atoms with Gasteiger partial charge >= 0.3 is 8.60 Å². The van der Waals surface area contributed by atoms with Gasteiger partial charge < -0.3 is 13.6 Å². The fraction of sp³-hybridized carbons (Fsp3) is 1.00. The Kier molecular flexibility index (Phi) is 11.6. The van der Waals surface area contributed by atoms with E-state index in [1.165, 1.54) is 0 Å². The van der Waals surface area contributed by atoms with Gasteiger partial charge in [0.1, 0.15) is 0 Å². The maximum Gasteiger partial charge on any atom is 0.332 e. The summed E-state index contributed by atoms with van der Waals surface area (Å²) in [6.07, 6.45) is 4.23. The predicted octanol–water partition coefficient (Wildman–Crippen LogP) is 3.88. The van der Waals surface area contributed by atoms with Crippen molar-refractivity contribution in [3.63, 3.8) is 0 Å². The fourth-order valence-electron chi connectivity index (χ4n) is 0.727. The van der Waals surface area contributed by atoms with Crippen LogP contribution in [0.2, 0.25) is 0 Å². The summed E-state index contributed by atoms with van der Waals surface area (Å²) in [4.78, 5) is 0. The van der Waals surface area contributed by atoms with Crippen LogP contribution in [0.5, 0.6) is 0 Å². The minimum atomic E-state index is -1.08. The lowest BCUT2D eigenvalue weighted by Crippen LogP contribution is -1.98. The van der Waals surface area contributed by atoms with E-state index in [-0.39, 0.29) is 0 Å². The van der Waals surface area contributed by atoms with Crippen molar-refractivity contribution in [2.45, 2.75) is 46.5 Å². The summed E-state index contributed by atoms with van der Waals surface area (Å²) in [5.41, 5.74) is 0. The molecule has 0 radical (unpaired) electrons. The zero-order chi connectivity index (χ0) is 10.6. The molecule has 0 unspecified atom stereocenters. The Bertz CT molecular complexity index is 104. The van der Waals surface area contributed by atoms with E-state index in [0.29, 0.717) is 0 Å². The Morgan fingerprint density at radius 2 is 1.21 bits per heavy atom. The van der Waals surface area contributed by atoms with Crippen molar-refractivity contribution in [1.82, 2.24) is 0 Å². The highest BCUT2D eigenvalue weighted by atomic mass is 31.2. The summed E-state index contributed by atoms with van der Waals surface area (Å²) in [5.74, 6) is 0. The normalized spacial score (nSPS) is 11.1. The van der Waals surface area contributed by atoms with Gasteiger partial charge in [-0.3, -0.25) is 0 Å². The molecule has 0 saturated heterocycles. The molecule has 4 heteroatoms. The van der Waals surface area contributed by atoms with Gasteiger partial charge in [-0.2, -0.15) is 0 Å². The van der Waals surface area contributed by atoms with E-state index in [1.807, 2.05) is 0 Å². The Hall–Kier alpha value is 0.310. The maximum atomic E-state index is 5.51. The first kappa shape index (κ1) is 14.3.